The van der Waals surface area contributed by atoms with Crippen molar-refractivity contribution in [3.63, 3.8) is 0 Å². The molecule has 0 saturated carbocycles. The lowest BCUT2D eigenvalue weighted by Crippen LogP contribution is -1.99. The first-order chi connectivity index (χ1) is 4.16. The van der Waals surface area contributed by atoms with Gasteiger partial charge in [0, 0.05) is 0 Å². The van der Waals surface area contributed by atoms with Crippen LogP contribution in [0.25, 0.3) is 0 Å². The second-order valence-corrected chi connectivity index (χ2v) is 1.74. The molecule has 0 radical (unpaired) electrons. The zero-order chi connectivity index (χ0) is 7.28. The minimum absolute atomic E-state index is 0.336. The number of rotatable bonds is 3. The molecule has 0 saturated heterocycles. The van der Waals surface area contributed by atoms with Crippen molar-refractivity contribution >= 4 is 0 Å². The van der Waals surface area contributed by atoms with Crippen molar-refractivity contribution in [3.8, 4) is 0 Å². The lowest BCUT2D eigenvalue weighted by Gasteiger charge is -1.90. The van der Waals surface area contributed by atoms with Gasteiger partial charge in [0.15, 0.2) is 0 Å². The van der Waals surface area contributed by atoms with Crippen LogP contribution in [0.15, 0.2) is 11.9 Å². The van der Waals surface area contributed by atoms with Gasteiger partial charge in [-0.05, 0) is 6.42 Å². The van der Waals surface area contributed by atoms with Gasteiger partial charge in [-0.3, -0.25) is 10.1 Å². The zero-order valence-electron chi connectivity index (χ0n) is 5.33. The molecule has 0 spiro atoms. The van der Waals surface area contributed by atoms with Crippen molar-refractivity contribution in [2.75, 3.05) is 0 Å². The van der Waals surface area contributed by atoms with Crippen LogP contribution in [-0.2, 0) is 0 Å². The van der Waals surface area contributed by atoms with Gasteiger partial charge in [-0.1, -0.05) is 13.3 Å². The van der Waals surface area contributed by atoms with E-state index in [4.69, 9.17) is 5.73 Å². The maximum Gasteiger partial charge on any atom is 0.252 e. The number of hydrogen-bond donors (Lipinski definition) is 1. The van der Waals surface area contributed by atoms with Gasteiger partial charge in [-0.2, -0.15) is 0 Å². The van der Waals surface area contributed by atoms with Crippen molar-refractivity contribution in [3.05, 3.63) is 22.0 Å². The first-order valence-corrected chi connectivity index (χ1v) is 2.76. The fourth-order valence-electron chi connectivity index (χ4n) is 0.489. The summed E-state index contributed by atoms with van der Waals surface area (Å²) in [5.74, 6) is 0. The summed E-state index contributed by atoms with van der Waals surface area (Å²) in [6, 6.07) is 0. The van der Waals surface area contributed by atoms with Gasteiger partial charge in [0.25, 0.3) is 6.20 Å². The fraction of sp³-hybridized carbons (Fsp3) is 0.600. The highest BCUT2D eigenvalue weighted by Crippen LogP contribution is 1.95. The van der Waals surface area contributed by atoms with Crippen LogP contribution in [0, 0.1) is 10.1 Å². The zero-order valence-corrected chi connectivity index (χ0v) is 5.33. The Morgan fingerprint density at radius 3 is 2.78 bits per heavy atom. The van der Waals surface area contributed by atoms with Crippen molar-refractivity contribution in [2.24, 2.45) is 5.73 Å². The van der Waals surface area contributed by atoms with Crippen LogP contribution in [-0.4, -0.2) is 4.92 Å². The average Bonchev–Trinajstić information content (AvgIpc) is 1.63. The Kier molecular flexibility index (Phi) is 3.43. The molecule has 4 nitrogen and oxygen atoms in total. The van der Waals surface area contributed by atoms with E-state index in [0.717, 1.165) is 12.6 Å². The van der Waals surface area contributed by atoms with Gasteiger partial charge < -0.3 is 5.73 Å². The van der Waals surface area contributed by atoms with E-state index in [1.807, 2.05) is 6.92 Å². The third kappa shape index (κ3) is 4.80. The van der Waals surface area contributed by atoms with E-state index in [0.29, 0.717) is 12.1 Å². The molecule has 0 aliphatic rings. The first kappa shape index (κ1) is 7.94. The topological polar surface area (TPSA) is 69.2 Å². The van der Waals surface area contributed by atoms with Crippen LogP contribution < -0.4 is 5.73 Å². The van der Waals surface area contributed by atoms with Crippen molar-refractivity contribution in [1.82, 2.24) is 0 Å². The van der Waals surface area contributed by atoms with E-state index in [2.05, 4.69) is 0 Å². The Labute approximate surface area is 53.5 Å². The number of hydrogen-bond acceptors (Lipinski definition) is 3. The largest absolute Gasteiger partial charge is 0.397 e. The van der Waals surface area contributed by atoms with Crippen molar-refractivity contribution in [2.45, 2.75) is 19.8 Å². The Morgan fingerprint density at radius 2 is 2.44 bits per heavy atom. The third-order valence-corrected chi connectivity index (χ3v) is 0.810. The molecule has 2 N–H and O–H groups in total. The minimum Gasteiger partial charge on any atom is -0.397 e. The Balaban J connectivity index is 3.69. The molecule has 0 fully saturated rings. The molecule has 0 aliphatic heterocycles. The van der Waals surface area contributed by atoms with Crippen LogP contribution in [0.1, 0.15) is 19.8 Å². The SMILES string of the molecule is CCCC(N)=C[N+](=O)[O-]. The second kappa shape index (κ2) is 3.88. The lowest BCUT2D eigenvalue weighted by molar-refractivity contribution is -0.403. The molecule has 0 rings (SSSR count). The Hall–Kier alpha value is -1.06. The lowest BCUT2D eigenvalue weighted by atomic mass is 10.3. The molecule has 0 bridgehead atoms. The predicted molar refractivity (Wildman–Crippen MR) is 34.2 cm³/mol. The van der Waals surface area contributed by atoms with Crippen LogP contribution in [0.3, 0.4) is 0 Å². The van der Waals surface area contributed by atoms with Crippen LogP contribution in [0.4, 0.5) is 0 Å². The smallest absolute Gasteiger partial charge is 0.252 e. The normalized spacial score (nSPS) is 11.4. The molecule has 0 unspecified atom stereocenters. The molecule has 0 aromatic rings. The summed E-state index contributed by atoms with van der Waals surface area (Å²) in [5, 5.41) is 9.73. The van der Waals surface area contributed by atoms with Gasteiger partial charge >= 0.3 is 0 Å². The molecule has 0 amide bonds. The molecule has 9 heavy (non-hydrogen) atoms. The number of nitrogens with zero attached hydrogens (tertiary/aromatic N) is 1. The molecular weight excluding hydrogens is 120 g/mol. The fourth-order valence-corrected chi connectivity index (χ4v) is 0.489. The van der Waals surface area contributed by atoms with Crippen molar-refractivity contribution in [1.29, 1.82) is 0 Å². The summed E-state index contributed by atoms with van der Waals surface area (Å²) >= 11 is 0. The van der Waals surface area contributed by atoms with E-state index < -0.39 is 4.92 Å². The summed E-state index contributed by atoms with van der Waals surface area (Å²) in [6.07, 6.45) is 2.28. The molecule has 4 heteroatoms. The van der Waals surface area contributed by atoms with Crippen LogP contribution in [0.2, 0.25) is 0 Å². The summed E-state index contributed by atoms with van der Waals surface area (Å²) in [7, 11) is 0. The summed E-state index contributed by atoms with van der Waals surface area (Å²) in [4.78, 5) is 9.20. The standard InChI is InChI=1S/C5H10N2O2/c1-2-3-5(6)4-7(8)9/h4H,2-3,6H2,1H3. The summed E-state index contributed by atoms with van der Waals surface area (Å²) < 4.78 is 0. The Morgan fingerprint density at radius 1 is 1.89 bits per heavy atom. The highest BCUT2D eigenvalue weighted by molar-refractivity contribution is 4.89. The number of nitro groups is 1. The van der Waals surface area contributed by atoms with E-state index in [9.17, 15) is 10.1 Å². The minimum atomic E-state index is -0.537. The number of allylic oxidation sites excluding steroid dienone is 1. The van der Waals surface area contributed by atoms with Crippen molar-refractivity contribution < 1.29 is 4.92 Å². The highest BCUT2D eigenvalue weighted by Gasteiger charge is 1.93. The number of nitrogens with two attached hydrogens (primary N) is 1. The molecule has 0 aliphatic carbocycles. The van der Waals surface area contributed by atoms with Gasteiger partial charge in [-0.25, -0.2) is 0 Å². The molecule has 52 valence electrons. The van der Waals surface area contributed by atoms with Crippen LogP contribution >= 0.6 is 0 Å². The first-order valence-electron chi connectivity index (χ1n) is 2.76. The monoisotopic (exact) mass is 130 g/mol. The molecular formula is C5H10N2O2. The predicted octanol–water partition coefficient (Wildman–Crippen LogP) is 0.863. The molecule has 0 atom stereocenters. The van der Waals surface area contributed by atoms with E-state index in [1.54, 1.807) is 0 Å². The van der Waals surface area contributed by atoms with Gasteiger partial charge in [0.2, 0.25) is 0 Å². The molecule has 0 aromatic heterocycles. The average molecular weight is 130 g/mol. The van der Waals surface area contributed by atoms with Gasteiger partial charge in [0.1, 0.15) is 0 Å². The second-order valence-electron chi connectivity index (χ2n) is 1.74. The van der Waals surface area contributed by atoms with Gasteiger partial charge in [0.05, 0.1) is 10.6 Å². The molecule has 0 aromatic carbocycles. The summed E-state index contributed by atoms with van der Waals surface area (Å²) in [5.41, 5.74) is 5.54. The maximum atomic E-state index is 9.73. The maximum absolute atomic E-state index is 9.73. The Bertz CT molecular complexity index is 131. The van der Waals surface area contributed by atoms with E-state index >= 15 is 0 Å². The van der Waals surface area contributed by atoms with Gasteiger partial charge in [-0.15, -0.1) is 0 Å². The highest BCUT2D eigenvalue weighted by atomic mass is 16.6. The molecule has 0 heterocycles. The quantitative estimate of drug-likeness (QED) is 0.455. The van der Waals surface area contributed by atoms with E-state index in [1.165, 1.54) is 0 Å². The summed E-state index contributed by atoms with van der Waals surface area (Å²) in [6.45, 7) is 1.92. The van der Waals surface area contributed by atoms with Crippen LogP contribution in [0.5, 0.6) is 0 Å². The van der Waals surface area contributed by atoms with E-state index in [-0.39, 0.29) is 0 Å². The third-order valence-electron chi connectivity index (χ3n) is 0.810.